The molecule has 0 aliphatic heterocycles. The number of methoxy groups -OCH3 is 1. The van der Waals surface area contributed by atoms with E-state index in [1.165, 1.54) is 0 Å². The van der Waals surface area contributed by atoms with Gasteiger partial charge in [-0.25, -0.2) is 13.1 Å². The molecule has 0 heterocycles. The number of aryl methyl sites for hydroxylation is 2. The predicted molar refractivity (Wildman–Crippen MR) is 101 cm³/mol. The number of likely N-dealkylation sites (N-methyl/N-ethyl adjacent to an activating group) is 1. The summed E-state index contributed by atoms with van der Waals surface area (Å²) in [6, 6.07) is 12.7. The molecule has 0 aromatic heterocycles. The molecule has 0 saturated heterocycles. The van der Waals surface area contributed by atoms with E-state index >= 15 is 0 Å². The molecule has 6 heteroatoms. The van der Waals surface area contributed by atoms with E-state index in [-0.39, 0.29) is 12.6 Å². The Morgan fingerprint density at radius 1 is 1.08 bits per heavy atom. The molecule has 2 aromatic carbocycles. The summed E-state index contributed by atoms with van der Waals surface area (Å²) >= 11 is 0. The number of hydrogen-bond acceptors (Lipinski definition) is 4. The summed E-state index contributed by atoms with van der Waals surface area (Å²) < 4.78 is 33.2. The molecule has 0 aliphatic rings. The number of sulfonamides is 1. The fraction of sp³-hybridized carbons (Fsp3) is 0.368. The van der Waals surface area contributed by atoms with Crippen molar-refractivity contribution in [2.45, 2.75) is 24.8 Å². The van der Waals surface area contributed by atoms with Gasteiger partial charge in [-0.3, -0.25) is 0 Å². The average molecular weight is 362 g/mol. The van der Waals surface area contributed by atoms with Gasteiger partial charge in [-0.05, 0) is 68.9 Å². The lowest BCUT2D eigenvalue weighted by Crippen LogP contribution is -2.34. The van der Waals surface area contributed by atoms with Crippen molar-refractivity contribution >= 4 is 10.0 Å². The molecule has 0 unspecified atom stereocenters. The molecule has 136 valence electrons. The maximum absolute atomic E-state index is 12.6. The van der Waals surface area contributed by atoms with Crippen molar-refractivity contribution in [3.8, 4) is 5.75 Å². The zero-order valence-corrected chi connectivity index (χ0v) is 16.2. The normalized spacial score (nSPS) is 13.0. The Labute approximate surface area is 150 Å². The summed E-state index contributed by atoms with van der Waals surface area (Å²) in [4.78, 5) is 2.27. The number of rotatable bonds is 7. The van der Waals surface area contributed by atoms with E-state index in [9.17, 15) is 8.42 Å². The van der Waals surface area contributed by atoms with Crippen LogP contribution in [0.1, 0.15) is 22.7 Å². The van der Waals surface area contributed by atoms with Crippen LogP contribution in [0.3, 0.4) is 0 Å². The number of ether oxygens (including phenoxy) is 1. The lowest BCUT2D eigenvalue weighted by Gasteiger charge is -2.25. The van der Waals surface area contributed by atoms with Crippen molar-refractivity contribution in [2.24, 2.45) is 0 Å². The Hall–Kier alpha value is -1.89. The van der Waals surface area contributed by atoms with E-state index in [0.717, 1.165) is 22.4 Å². The third kappa shape index (κ3) is 4.81. The van der Waals surface area contributed by atoms with E-state index in [4.69, 9.17) is 4.74 Å². The second-order valence-corrected chi connectivity index (χ2v) is 8.12. The van der Waals surface area contributed by atoms with Crippen LogP contribution in [0.4, 0.5) is 0 Å². The van der Waals surface area contributed by atoms with Crippen molar-refractivity contribution in [3.05, 3.63) is 59.2 Å². The summed E-state index contributed by atoms with van der Waals surface area (Å²) in [6.45, 7) is 4.15. The molecule has 0 radical (unpaired) electrons. The van der Waals surface area contributed by atoms with Crippen LogP contribution in [0, 0.1) is 13.8 Å². The van der Waals surface area contributed by atoms with E-state index < -0.39 is 10.0 Å². The van der Waals surface area contributed by atoms with E-state index in [1.807, 2.05) is 63.2 Å². The van der Waals surface area contributed by atoms with Crippen LogP contribution >= 0.6 is 0 Å². The SMILES string of the molecule is COc1cccc([C@@H](CNS(=O)(=O)c2ccc(C)c(C)c2)N(C)C)c1. The summed E-state index contributed by atoms with van der Waals surface area (Å²) in [5.41, 5.74) is 3.02. The highest BCUT2D eigenvalue weighted by atomic mass is 32.2. The van der Waals surface area contributed by atoms with Gasteiger partial charge in [0.05, 0.1) is 12.0 Å². The second kappa shape index (κ2) is 7.99. The molecular weight excluding hydrogens is 336 g/mol. The van der Waals surface area contributed by atoms with Crippen LogP contribution in [0.25, 0.3) is 0 Å². The van der Waals surface area contributed by atoms with Gasteiger partial charge in [0.2, 0.25) is 10.0 Å². The van der Waals surface area contributed by atoms with Crippen LogP contribution in [-0.4, -0.2) is 41.1 Å². The molecule has 1 atom stereocenters. The first-order valence-corrected chi connectivity index (χ1v) is 9.60. The fourth-order valence-electron chi connectivity index (χ4n) is 2.60. The van der Waals surface area contributed by atoms with Gasteiger partial charge in [0.1, 0.15) is 5.75 Å². The molecule has 0 aliphatic carbocycles. The van der Waals surface area contributed by atoms with Gasteiger partial charge in [-0.1, -0.05) is 18.2 Å². The Balaban J connectivity index is 2.21. The number of nitrogens with zero attached hydrogens (tertiary/aromatic N) is 1. The van der Waals surface area contributed by atoms with Crippen molar-refractivity contribution in [1.29, 1.82) is 0 Å². The highest BCUT2D eigenvalue weighted by Gasteiger charge is 2.20. The van der Waals surface area contributed by atoms with Crippen LogP contribution in [-0.2, 0) is 10.0 Å². The highest BCUT2D eigenvalue weighted by Crippen LogP contribution is 2.23. The number of benzene rings is 2. The maximum Gasteiger partial charge on any atom is 0.240 e. The van der Waals surface area contributed by atoms with Gasteiger partial charge in [0, 0.05) is 12.6 Å². The van der Waals surface area contributed by atoms with Crippen molar-refractivity contribution in [2.75, 3.05) is 27.7 Å². The Morgan fingerprint density at radius 2 is 1.80 bits per heavy atom. The number of hydrogen-bond donors (Lipinski definition) is 1. The van der Waals surface area contributed by atoms with Gasteiger partial charge < -0.3 is 9.64 Å². The minimum atomic E-state index is -3.56. The molecule has 0 amide bonds. The van der Waals surface area contributed by atoms with Crippen molar-refractivity contribution in [3.63, 3.8) is 0 Å². The Bertz CT molecular complexity index is 832. The lowest BCUT2D eigenvalue weighted by atomic mass is 10.1. The molecule has 25 heavy (non-hydrogen) atoms. The molecule has 1 N–H and O–H groups in total. The van der Waals surface area contributed by atoms with E-state index in [1.54, 1.807) is 19.2 Å². The van der Waals surface area contributed by atoms with Crippen LogP contribution in [0.2, 0.25) is 0 Å². The minimum Gasteiger partial charge on any atom is -0.497 e. The second-order valence-electron chi connectivity index (χ2n) is 6.35. The molecule has 5 nitrogen and oxygen atoms in total. The highest BCUT2D eigenvalue weighted by molar-refractivity contribution is 7.89. The average Bonchev–Trinajstić information content (AvgIpc) is 2.57. The van der Waals surface area contributed by atoms with Crippen LogP contribution < -0.4 is 9.46 Å². The fourth-order valence-corrected chi connectivity index (χ4v) is 3.72. The molecule has 2 rings (SSSR count). The molecule has 0 bridgehead atoms. The number of nitrogens with one attached hydrogen (secondary N) is 1. The third-order valence-electron chi connectivity index (χ3n) is 4.36. The largest absolute Gasteiger partial charge is 0.497 e. The van der Waals surface area contributed by atoms with E-state index in [0.29, 0.717) is 4.90 Å². The standard InChI is InChI=1S/C19H26N2O3S/c1-14-9-10-18(11-15(14)2)25(22,23)20-13-19(21(3)4)16-7-6-8-17(12-16)24-5/h6-12,19-20H,13H2,1-5H3/t19-/m1/s1. The molecule has 0 fully saturated rings. The van der Waals surface area contributed by atoms with Gasteiger partial charge in [0.25, 0.3) is 0 Å². The van der Waals surface area contributed by atoms with Gasteiger partial charge in [0.15, 0.2) is 0 Å². The van der Waals surface area contributed by atoms with Crippen LogP contribution in [0.15, 0.2) is 47.4 Å². The molecule has 0 saturated carbocycles. The third-order valence-corrected chi connectivity index (χ3v) is 5.78. The van der Waals surface area contributed by atoms with Gasteiger partial charge >= 0.3 is 0 Å². The smallest absolute Gasteiger partial charge is 0.240 e. The quantitative estimate of drug-likeness (QED) is 0.823. The first-order valence-electron chi connectivity index (χ1n) is 8.12. The molecular formula is C19H26N2O3S. The zero-order chi connectivity index (χ0) is 18.6. The van der Waals surface area contributed by atoms with Gasteiger partial charge in [-0.2, -0.15) is 0 Å². The zero-order valence-electron chi connectivity index (χ0n) is 15.4. The maximum atomic E-state index is 12.6. The van der Waals surface area contributed by atoms with E-state index in [2.05, 4.69) is 4.72 Å². The first kappa shape index (κ1) is 19.4. The van der Waals surface area contributed by atoms with Crippen molar-refractivity contribution in [1.82, 2.24) is 9.62 Å². The van der Waals surface area contributed by atoms with Gasteiger partial charge in [-0.15, -0.1) is 0 Å². The Morgan fingerprint density at radius 3 is 2.40 bits per heavy atom. The monoisotopic (exact) mass is 362 g/mol. The summed E-state index contributed by atoms with van der Waals surface area (Å²) in [6.07, 6.45) is 0. The summed E-state index contributed by atoms with van der Waals surface area (Å²) in [7, 11) is 1.91. The summed E-state index contributed by atoms with van der Waals surface area (Å²) in [5, 5.41) is 0. The topological polar surface area (TPSA) is 58.6 Å². The Kier molecular flexibility index (Phi) is 6.21. The molecule has 0 spiro atoms. The predicted octanol–water partition coefficient (Wildman–Crippen LogP) is 2.89. The van der Waals surface area contributed by atoms with Crippen molar-refractivity contribution < 1.29 is 13.2 Å². The molecule has 2 aromatic rings. The lowest BCUT2D eigenvalue weighted by molar-refractivity contribution is 0.298. The van der Waals surface area contributed by atoms with Crippen LogP contribution in [0.5, 0.6) is 5.75 Å². The summed E-state index contributed by atoms with van der Waals surface area (Å²) in [5.74, 6) is 0.751. The minimum absolute atomic E-state index is 0.101. The first-order chi connectivity index (χ1) is 11.7.